The number of carbonyl (C=O) groups excluding carboxylic acids is 2. The number of ether oxygens (including phenoxy) is 3. The summed E-state index contributed by atoms with van der Waals surface area (Å²) in [5.41, 5.74) is 0.681. The Morgan fingerprint density at radius 1 is 1.22 bits per heavy atom. The summed E-state index contributed by atoms with van der Waals surface area (Å²) in [4.78, 5) is 41.9. The van der Waals surface area contributed by atoms with E-state index in [9.17, 15) is 19.7 Å². The number of hydrogen-bond acceptors (Lipinski definition) is 11. The van der Waals surface area contributed by atoms with Crippen LogP contribution in [0.25, 0.3) is 11.3 Å². The number of thioether (sulfide) groups is 1. The van der Waals surface area contributed by atoms with Gasteiger partial charge in [-0.05, 0) is 17.9 Å². The van der Waals surface area contributed by atoms with Gasteiger partial charge in [0.25, 0.3) is 0 Å². The van der Waals surface area contributed by atoms with Gasteiger partial charge in [-0.2, -0.15) is 4.98 Å². The second-order valence-corrected chi connectivity index (χ2v) is 8.70. The van der Waals surface area contributed by atoms with E-state index in [1.807, 2.05) is 6.92 Å². The van der Waals surface area contributed by atoms with Crippen molar-refractivity contribution >= 4 is 35.0 Å². The van der Waals surface area contributed by atoms with E-state index < -0.39 is 28.7 Å². The number of nitrogens with zero attached hydrogens (tertiary/aromatic N) is 5. The van der Waals surface area contributed by atoms with Crippen LogP contribution in [0.4, 0.5) is 11.4 Å². The van der Waals surface area contributed by atoms with E-state index in [1.165, 1.54) is 36.8 Å². The normalized spacial score (nSPS) is 14.1. The first-order valence-electron chi connectivity index (χ1n) is 10.7. The molecular weight excluding hydrogens is 490 g/mol. The van der Waals surface area contributed by atoms with Crippen molar-refractivity contribution < 1.29 is 28.7 Å². The van der Waals surface area contributed by atoms with E-state index in [-0.39, 0.29) is 28.6 Å². The van der Waals surface area contributed by atoms with Crippen LogP contribution in [0.15, 0.2) is 41.6 Å². The van der Waals surface area contributed by atoms with E-state index in [2.05, 4.69) is 15.2 Å². The smallest absolute Gasteiger partial charge is 0.315 e. The highest BCUT2D eigenvalue weighted by Gasteiger charge is 2.39. The zero-order valence-corrected chi connectivity index (χ0v) is 20.6. The van der Waals surface area contributed by atoms with Gasteiger partial charge in [-0.25, -0.2) is 0 Å². The minimum atomic E-state index is -1.33. The van der Waals surface area contributed by atoms with Crippen LogP contribution < -0.4 is 19.1 Å². The second-order valence-electron chi connectivity index (χ2n) is 7.47. The molecule has 1 aromatic heterocycles. The number of aromatic nitrogens is 3. The van der Waals surface area contributed by atoms with Crippen molar-refractivity contribution in [1.82, 2.24) is 15.2 Å². The van der Waals surface area contributed by atoms with Gasteiger partial charge in [0.15, 0.2) is 5.69 Å². The van der Waals surface area contributed by atoms with E-state index in [0.29, 0.717) is 22.2 Å². The lowest BCUT2D eigenvalue weighted by molar-refractivity contribution is -0.385. The van der Waals surface area contributed by atoms with Crippen LogP contribution in [0.3, 0.4) is 0 Å². The number of carbonyl (C=O) groups is 2. The molecule has 12 nitrogen and oxygen atoms in total. The number of benzene rings is 2. The zero-order valence-electron chi connectivity index (χ0n) is 19.8. The fraction of sp³-hybridized carbons (Fsp3) is 0.261. The number of para-hydroxylation sites is 1. The van der Waals surface area contributed by atoms with E-state index >= 15 is 0 Å². The highest BCUT2D eigenvalue weighted by molar-refractivity contribution is 7.99. The Bertz CT molecular complexity index is 1370. The number of nitro benzene ring substituents is 1. The molecule has 0 unspecified atom stereocenters. The molecule has 13 heteroatoms. The third kappa shape index (κ3) is 4.64. The molecule has 0 radical (unpaired) electrons. The summed E-state index contributed by atoms with van der Waals surface area (Å²) in [6.45, 7) is 4.36. The van der Waals surface area contributed by atoms with Crippen molar-refractivity contribution in [2.24, 2.45) is 0 Å². The lowest BCUT2D eigenvalue weighted by Gasteiger charge is -2.30. The summed E-state index contributed by atoms with van der Waals surface area (Å²) in [7, 11) is 1.33. The molecule has 3 aromatic rings. The number of hydrogen-bond donors (Lipinski definition) is 0. The van der Waals surface area contributed by atoms with E-state index in [0.717, 1.165) is 13.0 Å². The van der Waals surface area contributed by atoms with Gasteiger partial charge in [-0.3, -0.25) is 24.6 Å². The van der Waals surface area contributed by atoms with Gasteiger partial charge in [-0.1, -0.05) is 36.9 Å². The van der Waals surface area contributed by atoms with Crippen molar-refractivity contribution in [2.45, 2.75) is 32.2 Å². The van der Waals surface area contributed by atoms with Gasteiger partial charge < -0.3 is 14.2 Å². The molecule has 0 N–H and O–H groups in total. The molecule has 0 fully saturated rings. The maximum absolute atomic E-state index is 13.0. The fourth-order valence-corrected chi connectivity index (χ4v) is 4.25. The molecule has 0 aliphatic carbocycles. The Morgan fingerprint density at radius 3 is 2.61 bits per heavy atom. The van der Waals surface area contributed by atoms with Crippen LogP contribution in [0.2, 0.25) is 0 Å². The summed E-state index contributed by atoms with van der Waals surface area (Å²) >= 11 is 1.34. The van der Waals surface area contributed by atoms with Gasteiger partial charge in [0.1, 0.15) is 5.75 Å². The monoisotopic (exact) mass is 511 g/mol. The quantitative estimate of drug-likeness (QED) is 0.156. The Kier molecular flexibility index (Phi) is 7.01. The van der Waals surface area contributed by atoms with Gasteiger partial charge in [-0.15, -0.1) is 10.2 Å². The summed E-state index contributed by atoms with van der Waals surface area (Å²) in [5.74, 6) is -0.786. The lowest BCUT2D eigenvalue weighted by atomic mass is 10.1. The number of methoxy groups -OCH3 is 1. The molecule has 2 aromatic carbocycles. The Labute approximate surface area is 209 Å². The minimum Gasteiger partial charge on any atom is -0.496 e. The first kappa shape index (κ1) is 24.9. The molecule has 1 atom stereocenters. The van der Waals surface area contributed by atoms with Crippen molar-refractivity contribution in [1.29, 1.82) is 0 Å². The van der Waals surface area contributed by atoms with Crippen molar-refractivity contribution in [3.63, 3.8) is 0 Å². The van der Waals surface area contributed by atoms with Crippen LogP contribution in [-0.2, 0) is 9.59 Å². The van der Waals surface area contributed by atoms with Crippen LogP contribution in [-0.4, -0.2) is 44.8 Å². The first-order chi connectivity index (χ1) is 17.2. The van der Waals surface area contributed by atoms with Crippen molar-refractivity contribution in [3.8, 4) is 28.6 Å². The Morgan fingerprint density at radius 2 is 1.97 bits per heavy atom. The number of nitro groups is 1. The highest BCUT2D eigenvalue weighted by Crippen LogP contribution is 2.47. The molecule has 0 spiro atoms. The lowest BCUT2D eigenvalue weighted by Crippen LogP contribution is -2.36. The van der Waals surface area contributed by atoms with Crippen LogP contribution in [0.1, 0.15) is 32.6 Å². The SMILES string of the molecule is CCSc1nnc2c(n1)O[C@@H](c1cc(OC)cc([N+](=O)[O-])c1OC(C)=O)N(C(C)=O)c1ccccc1-2. The van der Waals surface area contributed by atoms with Crippen LogP contribution in [0, 0.1) is 10.1 Å². The predicted octanol–water partition coefficient (Wildman–Crippen LogP) is 3.94. The topological polar surface area (TPSA) is 147 Å². The maximum Gasteiger partial charge on any atom is 0.315 e. The first-order valence-corrected chi connectivity index (χ1v) is 11.7. The van der Waals surface area contributed by atoms with Gasteiger partial charge in [0.2, 0.25) is 28.9 Å². The van der Waals surface area contributed by atoms with Crippen molar-refractivity contribution in [2.75, 3.05) is 17.8 Å². The third-order valence-corrected chi connectivity index (χ3v) is 5.86. The zero-order chi connectivity index (χ0) is 26.0. The van der Waals surface area contributed by atoms with Gasteiger partial charge >= 0.3 is 11.7 Å². The Balaban J connectivity index is 2.05. The molecule has 0 saturated heterocycles. The van der Waals surface area contributed by atoms with Crippen LogP contribution >= 0.6 is 11.8 Å². The third-order valence-electron chi connectivity index (χ3n) is 5.14. The number of amides is 1. The molecule has 1 aliphatic heterocycles. The average molecular weight is 512 g/mol. The molecule has 0 bridgehead atoms. The molecule has 186 valence electrons. The van der Waals surface area contributed by atoms with Crippen molar-refractivity contribution in [3.05, 3.63) is 52.1 Å². The predicted molar refractivity (Wildman–Crippen MR) is 129 cm³/mol. The van der Waals surface area contributed by atoms with E-state index in [1.54, 1.807) is 24.3 Å². The van der Waals surface area contributed by atoms with Gasteiger partial charge in [0.05, 0.1) is 29.4 Å². The molecule has 0 saturated carbocycles. The summed E-state index contributed by atoms with van der Waals surface area (Å²) in [6, 6.07) is 9.44. The Hall–Kier alpha value is -4.26. The molecular formula is C23H21N5O7S. The molecule has 36 heavy (non-hydrogen) atoms. The molecule has 1 amide bonds. The average Bonchev–Trinajstić information content (AvgIpc) is 2.98. The standard InChI is InChI=1S/C23H21N5O7S/c1-5-36-23-24-21-19(25-26-23)15-8-6-7-9-17(15)27(12(2)29)22(35-21)16-10-14(33-4)11-18(28(31)32)20(16)34-13(3)30/h6-11,22H,5H2,1-4H3/t22-/m0/s1. The largest absolute Gasteiger partial charge is 0.496 e. The van der Waals surface area contributed by atoms with Crippen LogP contribution in [0.5, 0.6) is 17.4 Å². The number of esters is 1. The molecule has 4 rings (SSSR count). The molecule has 2 heterocycles. The van der Waals surface area contributed by atoms with Gasteiger partial charge in [0, 0.05) is 19.4 Å². The minimum absolute atomic E-state index is 0.0115. The van der Waals surface area contributed by atoms with E-state index in [4.69, 9.17) is 14.2 Å². The highest BCUT2D eigenvalue weighted by atomic mass is 32.2. The summed E-state index contributed by atoms with van der Waals surface area (Å²) in [6.07, 6.45) is -1.33. The summed E-state index contributed by atoms with van der Waals surface area (Å²) < 4.78 is 16.8. The number of anilines is 1. The second kappa shape index (κ2) is 10.2. The fourth-order valence-electron chi connectivity index (χ4n) is 3.75. The summed E-state index contributed by atoms with van der Waals surface area (Å²) in [5, 5.41) is 20.7. The maximum atomic E-state index is 13.0. The molecule has 1 aliphatic rings. The number of rotatable bonds is 6. The number of fused-ring (bicyclic) bond motifs is 3.